The lowest BCUT2D eigenvalue weighted by Gasteiger charge is -2.28. The Morgan fingerprint density at radius 2 is 1.78 bits per heavy atom. The van der Waals surface area contributed by atoms with E-state index in [1.807, 2.05) is 19.1 Å². The summed E-state index contributed by atoms with van der Waals surface area (Å²) in [4.78, 5) is 12.3. The van der Waals surface area contributed by atoms with E-state index < -0.39 is 0 Å². The topological polar surface area (TPSA) is 29.1 Å². The fraction of sp³-hybridized carbons (Fsp3) is 0.500. The lowest BCUT2D eigenvalue weighted by Crippen LogP contribution is -2.51. The number of carbonyl (C=O) groups excluding carboxylic acids is 1. The zero-order valence-corrected chi connectivity index (χ0v) is 13.6. The fourth-order valence-corrected chi connectivity index (χ4v) is 3.46. The van der Waals surface area contributed by atoms with Crippen LogP contribution in [-0.2, 0) is 17.6 Å². The Balaban J connectivity index is 2.01. The maximum Gasteiger partial charge on any atom is 0.224 e. The number of hydrogen-bond donors (Lipinski definition) is 1. The van der Waals surface area contributed by atoms with Crippen LogP contribution in [-0.4, -0.2) is 22.1 Å². The molecule has 0 saturated heterocycles. The molecule has 4 heteroatoms. The summed E-state index contributed by atoms with van der Waals surface area (Å²) >= 11 is 6.91. The molecule has 0 radical (unpaired) electrons. The van der Waals surface area contributed by atoms with Gasteiger partial charge in [-0.2, -0.15) is 0 Å². The molecule has 2 rings (SSSR count). The lowest BCUT2D eigenvalue weighted by molar-refractivity contribution is -0.126. The van der Waals surface area contributed by atoms with E-state index in [0.717, 1.165) is 23.5 Å². The Morgan fingerprint density at radius 3 is 2.22 bits per heavy atom. The third-order valence-corrected chi connectivity index (χ3v) is 5.91. The summed E-state index contributed by atoms with van der Waals surface area (Å²) < 4.78 is 0. The van der Waals surface area contributed by atoms with E-state index in [1.54, 1.807) is 0 Å². The summed E-state index contributed by atoms with van der Waals surface area (Å²) in [6.45, 7) is 2.04. The van der Waals surface area contributed by atoms with Crippen LogP contribution in [0.3, 0.4) is 0 Å². The van der Waals surface area contributed by atoms with Gasteiger partial charge in [0.1, 0.15) is 0 Å². The Labute approximate surface area is 125 Å². The first-order valence-electron chi connectivity index (χ1n) is 6.09. The van der Waals surface area contributed by atoms with Gasteiger partial charge in [0.2, 0.25) is 5.91 Å². The molecule has 98 valence electrons. The van der Waals surface area contributed by atoms with Crippen LogP contribution in [0.1, 0.15) is 18.1 Å². The number of halogens is 2. The standard InChI is InChI=1S/C14H17Br2NO/c1-14(8-15,9-16)17-13(18)12-6-10-4-2-3-5-11(10)7-12/h2-5,12H,6-9H2,1H3,(H,17,18). The minimum Gasteiger partial charge on any atom is -0.349 e. The normalized spacial score (nSPS) is 15.5. The Kier molecular flexibility index (Phi) is 4.49. The van der Waals surface area contributed by atoms with Crippen molar-refractivity contribution in [2.45, 2.75) is 25.3 Å². The van der Waals surface area contributed by atoms with Gasteiger partial charge in [-0.25, -0.2) is 0 Å². The van der Waals surface area contributed by atoms with Crippen molar-refractivity contribution in [2.24, 2.45) is 5.92 Å². The summed E-state index contributed by atoms with van der Waals surface area (Å²) in [7, 11) is 0. The van der Waals surface area contributed by atoms with Gasteiger partial charge in [-0.05, 0) is 30.9 Å². The zero-order valence-electron chi connectivity index (χ0n) is 10.4. The number of amides is 1. The first-order chi connectivity index (χ1) is 8.58. The number of rotatable bonds is 4. The molecule has 1 aliphatic rings. The molecule has 0 aliphatic heterocycles. The number of carbonyl (C=O) groups is 1. The first kappa shape index (κ1) is 14.1. The van der Waals surface area contributed by atoms with Gasteiger partial charge in [0, 0.05) is 16.6 Å². The van der Waals surface area contributed by atoms with E-state index in [2.05, 4.69) is 49.3 Å². The lowest BCUT2D eigenvalue weighted by atomic mass is 10.0. The van der Waals surface area contributed by atoms with Gasteiger partial charge < -0.3 is 5.32 Å². The number of alkyl halides is 2. The second-order valence-corrected chi connectivity index (χ2v) is 6.31. The molecule has 1 amide bonds. The van der Waals surface area contributed by atoms with Crippen molar-refractivity contribution in [3.8, 4) is 0 Å². The van der Waals surface area contributed by atoms with Crippen LogP contribution in [0.2, 0.25) is 0 Å². The molecule has 0 atom stereocenters. The van der Waals surface area contributed by atoms with Crippen molar-refractivity contribution in [1.29, 1.82) is 0 Å². The number of nitrogens with one attached hydrogen (secondary N) is 1. The molecule has 1 N–H and O–H groups in total. The van der Waals surface area contributed by atoms with E-state index in [0.29, 0.717) is 0 Å². The molecule has 1 aliphatic carbocycles. The van der Waals surface area contributed by atoms with E-state index in [4.69, 9.17) is 0 Å². The highest BCUT2D eigenvalue weighted by Crippen LogP contribution is 2.27. The predicted molar refractivity (Wildman–Crippen MR) is 81.5 cm³/mol. The van der Waals surface area contributed by atoms with Gasteiger partial charge in [-0.3, -0.25) is 4.79 Å². The van der Waals surface area contributed by atoms with Gasteiger partial charge >= 0.3 is 0 Å². The maximum atomic E-state index is 12.3. The number of benzene rings is 1. The van der Waals surface area contributed by atoms with E-state index in [-0.39, 0.29) is 17.4 Å². The van der Waals surface area contributed by atoms with E-state index >= 15 is 0 Å². The second kappa shape index (κ2) is 5.74. The first-order valence-corrected chi connectivity index (χ1v) is 8.33. The smallest absolute Gasteiger partial charge is 0.224 e. The molecular formula is C14H17Br2NO. The van der Waals surface area contributed by atoms with Crippen LogP contribution >= 0.6 is 31.9 Å². The molecule has 0 fully saturated rings. The highest BCUT2D eigenvalue weighted by Gasteiger charge is 2.31. The molecule has 0 heterocycles. The Morgan fingerprint density at radius 1 is 1.28 bits per heavy atom. The summed E-state index contributed by atoms with van der Waals surface area (Å²) in [6.07, 6.45) is 1.73. The van der Waals surface area contributed by atoms with Gasteiger partial charge in [-0.1, -0.05) is 56.1 Å². The summed E-state index contributed by atoms with van der Waals surface area (Å²) in [5.74, 6) is 0.243. The third-order valence-electron chi connectivity index (χ3n) is 3.44. The molecule has 2 nitrogen and oxygen atoms in total. The van der Waals surface area contributed by atoms with Crippen LogP contribution < -0.4 is 5.32 Å². The van der Waals surface area contributed by atoms with Crippen molar-refractivity contribution >= 4 is 37.8 Å². The largest absolute Gasteiger partial charge is 0.349 e. The SMILES string of the molecule is CC(CBr)(CBr)NC(=O)C1Cc2ccccc2C1. The molecule has 0 unspecified atom stereocenters. The second-order valence-electron chi connectivity index (χ2n) is 5.19. The molecule has 1 aromatic carbocycles. The summed E-state index contributed by atoms with van der Waals surface area (Å²) in [5.41, 5.74) is 2.42. The van der Waals surface area contributed by atoms with Crippen LogP contribution in [0.5, 0.6) is 0 Å². The minimum absolute atomic E-state index is 0.0832. The van der Waals surface area contributed by atoms with Crippen molar-refractivity contribution in [2.75, 3.05) is 10.7 Å². The van der Waals surface area contributed by atoms with E-state index in [1.165, 1.54) is 11.1 Å². The third kappa shape index (κ3) is 2.97. The van der Waals surface area contributed by atoms with Crippen molar-refractivity contribution in [3.05, 3.63) is 35.4 Å². The van der Waals surface area contributed by atoms with Crippen LogP contribution in [0, 0.1) is 5.92 Å². The predicted octanol–water partition coefficient (Wildman–Crippen LogP) is 3.07. The van der Waals surface area contributed by atoms with E-state index in [9.17, 15) is 4.79 Å². The highest BCUT2D eigenvalue weighted by molar-refractivity contribution is 9.09. The van der Waals surface area contributed by atoms with Crippen molar-refractivity contribution in [3.63, 3.8) is 0 Å². The molecule has 0 saturated carbocycles. The van der Waals surface area contributed by atoms with Gasteiger partial charge in [0.15, 0.2) is 0 Å². The molecule has 1 aromatic rings. The molecule has 0 spiro atoms. The quantitative estimate of drug-likeness (QED) is 0.806. The van der Waals surface area contributed by atoms with Crippen LogP contribution in [0.25, 0.3) is 0 Å². The van der Waals surface area contributed by atoms with Gasteiger partial charge in [0.05, 0.1) is 5.54 Å². The highest BCUT2D eigenvalue weighted by atomic mass is 79.9. The van der Waals surface area contributed by atoms with Gasteiger partial charge in [-0.15, -0.1) is 0 Å². The number of hydrogen-bond acceptors (Lipinski definition) is 1. The summed E-state index contributed by atoms with van der Waals surface area (Å²) in [6, 6.07) is 8.33. The van der Waals surface area contributed by atoms with Crippen LogP contribution in [0.4, 0.5) is 0 Å². The average Bonchev–Trinajstić information content (AvgIpc) is 2.82. The zero-order chi connectivity index (χ0) is 13.2. The van der Waals surface area contributed by atoms with Crippen molar-refractivity contribution in [1.82, 2.24) is 5.32 Å². The Hall–Kier alpha value is -0.350. The van der Waals surface area contributed by atoms with Crippen LogP contribution in [0.15, 0.2) is 24.3 Å². The average molecular weight is 375 g/mol. The molecule has 0 aromatic heterocycles. The molecule has 0 bridgehead atoms. The molecule has 18 heavy (non-hydrogen) atoms. The van der Waals surface area contributed by atoms with Gasteiger partial charge in [0.25, 0.3) is 0 Å². The minimum atomic E-state index is -0.216. The maximum absolute atomic E-state index is 12.3. The fourth-order valence-electron chi connectivity index (χ4n) is 2.25. The summed E-state index contributed by atoms with van der Waals surface area (Å²) in [5, 5.41) is 4.63. The number of fused-ring (bicyclic) bond motifs is 1. The van der Waals surface area contributed by atoms with Crippen molar-refractivity contribution < 1.29 is 4.79 Å². The molecular weight excluding hydrogens is 358 g/mol. The Bertz CT molecular complexity index is 418. The monoisotopic (exact) mass is 373 g/mol.